The fourth-order valence-electron chi connectivity index (χ4n) is 3.30. The van der Waals surface area contributed by atoms with Crippen LogP contribution in [0.25, 0.3) is 0 Å². The topological polar surface area (TPSA) is 76.1 Å². The molecule has 0 radical (unpaired) electrons. The average Bonchev–Trinajstić information content (AvgIpc) is 2.70. The van der Waals surface area contributed by atoms with Gasteiger partial charge in [0.25, 0.3) is 5.91 Å². The van der Waals surface area contributed by atoms with Gasteiger partial charge in [-0.15, -0.1) is 0 Å². The van der Waals surface area contributed by atoms with Crippen LogP contribution in [0.3, 0.4) is 0 Å². The molecule has 3 rings (SSSR count). The molecule has 0 saturated carbocycles. The van der Waals surface area contributed by atoms with Gasteiger partial charge in [0.1, 0.15) is 23.1 Å². The van der Waals surface area contributed by atoms with Crippen molar-refractivity contribution in [3.8, 4) is 5.75 Å². The van der Waals surface area contributed by atoms with Crippen LogP contribution in [0.5, 0.6) is 5.75 Å². The van der Waals surface area contributed by atoms with Crippen molar-refractivity contribution in [2.75, 3.05) is 18.5 Å². The van der Waals surface area contributed by atoms with Crippen LogP contribution < -0.4 is 15.4 Å². The zero-order valence-corrected chi connectivity index (χ0v) is 16.6. The number of amides is 1. The Morgan fingerprint density at radius 3 is 2.86 bits per heavy atom. The zero-order valence-electron chi connectivity index (χ0n) is 16.6. The molecule has 2 aromatic rings. The Kier molecular flexibility index (Phi) is 7.00. The SMILES string of the molecule is CCOc1ccccc1Nc1cc(C(=O)NCCC2=CCCCC2)nc(C)n1. The lowest BCUT2D eigenvalue weighted by Crippen LogP contribution is -2.26. The maximum absolute atomic E-state index is 12.5. The molecule has 148 valence electrons. The molecule has 0 bridgehead atoms. The number of hydrogen-bond acceptors (Lipinski definition) is 5. The summed E-state index contributed by atoms with van der Waals surface area (Å²) in [5.74, 6) is 1.68. The second-order valence-corrected chi connectivity index (χ2v) is 6.85. The van der Waals surface area contributed by atoms with E-state index in [-0.39, 0.29) is 5.91 Å². The van der Waals surface area contributed by atoms with Gasteiger partial charge >= 0.3 is 0 Å². The zero-order chi connectivity index (χ0) is 19.8. The Balaban J connectivity index is 1.65. The summed E-state index contributed by atoms with van der Waals surface area (Å²) in [6.45, 7) is 4.93. The number of hydrogen-bond donors (Lipinski definition) is 2. The van der Waals surface area contributed by atoms with Gasteiger partial charge in [-0.05, 0) is 58.1 Å². The quantitative estimate of drug-likeness (QED) is 0.657. The van der Waals surface area contributed by atoms with Gasteiger partial charge in [-0.25, -0.2) is 9.97 Å². The molecule has 6 nitrogen and oxygen atoms in total. The molecule has 1 aromatic carbocycles. The van der Waals surface area contributed by atoms with E-state index in [1.807, 2.05) is 31.2 Å². The average molecular weight is 380 g/mol. The first-order valence-corrected chi connectivity index (χ1v) is 9.96. The highest BCUT2D eigenvalue weighted by Crippen LogP contribution is 2.27. The highest BCUT2D eigenvalue weighted by Gasteiger charge is 2.12. The predicted octanol–water partition coefficient (Wildman–Crippen LogP) is 4.55. The third-order valence-electron chi connectivity index (χ3n) is 4.64. The number of allylic oxidation sites excluding steroid dienone is 1. The van der Waals surface area contributed by atoms with Crippen molar-refractivity contribution in [2.24, 2.45) is 0 Å². The van der Waals surface area contributed by atoms with Crippen molar-refractivity contribution < 1.29 is 9.53 Å². The number of anilines is 2. The number of nitrogens with one attached hydrogen (secondary N) is 2. The van der Waals surface area contributed by atoms with Crippen molar-refractivity contribution in [3.63, 3.8) is 0 Å². The molecule has 0 spiro atoms. The molecule has 0 saturated heterocycles. The van der Waals surface area contributed by atoms with E-state index < -0.39 is 0 Å². The summed E-state index contributed by atoms with van der Waals surface area (Å²) in [5.41, 5.74) is 2.61. The molecule has 0 aliphatic heterocycles. The number of nitrogens with zero attached hydrogens (tertiary/aromatic N) is 2. The maximum Gasteiger partial charge on any atom is 0.270 e. The van der Waals surface area contributed by atoms with E-state index in [0.29, 0.717) is 30.5 Å². The van der Waals surface area contributed by atoms with Crippen molar-refractivity contribution in [2.45, 2.75) is 46.0 Å². The Morgan fingerprint density at radius 2 is 2.07 bits per heavy atom. The molecule has 1 aromatic heterocycles. The summed E-state index contributed by atoms with van der Waals surface area (Å²) < 4.78 is 5.64. The number of carbonyl (C=O) groups excluding carboxylic acids is 1. The molecule has 1 amide bonds. The summed E-state index contributed by atoms with van der Waals surface area (Å²) in [6.07, 6.45) is 8.05. The monoisotopic (exact) mass is 380 g/mol. The van der Waals surface area contributed by atoms with Gasteiger partial charge in [0.05, 0.1) is 12.3 Å². The number of benzene rings is 1. The van der Waals surface area contributed by atoms with Crippen molar-refractivity contribution >= 4 is 17.4 Å². The van der Waals surface area contributed by atoms with Crippen LogP contribution >= 0.6 is 0 Å². The number of ether oxygens (including phenoxy) is 1. The van der Waals surface area contributed by atoms with Crippen LogP contribution in [0.2, 0.25) is 0 Å². The molecule has 6 heteroatoms. The van der Waals surface area contributed by atoms with Crippen LogP contribution in [-0.4, -0.2) is 29.0 Å². The smallest absolute Gasteiger partial charge is 0.270 e. The molecule has 1 aliphatic rings. The van der Waals surface area contributed by atoms with Crippen LogP contribution in [0.4, 0.5) is 11.5 Å². The Bertz CT molecular complexity index is 848. The van der Waals surface area contributed by atoms with E-state index in [9.17, 15) is 4.79 Å². The number of para-hydroxylation sites is 2. The summed E-state index contributed by atoms with van der Waals surface area (Å²) in [6, 6.07) is 9.33. The summed E-state index contributed by atoms with van der Waals surface area (Å²) in [4.78, 5) is 21.2. The number of carbonyl (C=O) groups is 1. The first-order valence-electron chi connectivity index (χ1n) is 9.96. The lowest BCUT2D eigenvalue weighted by Gasteiger charge is -2.14. The molecule has 1 aliphatic carbocycles. The van der Waals surface area contributed by atoms with E-state index in [0.717, 1.165) is 30.7 Å². The van der Waals surface area contributed by atoms with Crippen molar-refractivity contribution in [3.05, 3.63) is 53.5 Å². The minimum Gasteiger partial charge on any atom is -0.492 e. The van der Waals surface area contributed by atoms with Gasteiger partial charge in [-0.3, -0.25) is 4.79 Å². The normalized spacial score (nSPS) is 13.6. The molecular formula is C22H28N4O2. The van der Waals surface area contributed by atoms with Gasteiger partial charge in [0, 0.05) is 12.6 Å². The first-order chi connectivity index (χ1) is 13.7. The second-order valence-electron chi connectivity index (χ2n) is 6.85. The van der Waals surface area contributed by atoms with Crippen LogP contribution in [0, 0.1) is 6.92 Å². The molecular weight excluding hydrogens is 352 g/mol. The highest BCUT2D eigenvalue weighted by atomic mass is 16.5. The van der Waals surface area contributed by atoms with Gasteiger partial charge < -0.3 is 15.4 Å². The lowest BCUT2D eigenvalue weighted by atomic mass is 9.97. The van der Waals surface area contributed by atoms with Gasteiger partial charge in [0.2, 0.25) is 0 Å². The molecule has 1 heterocycles. The lowest BCUT2D eigenvalue weighted by molar-refractivity contribution is 0.0948. The Labute approximate surface area is 166 Å². The van der Waals surface area contributed by atoms with Gasteiger partial charge in [-0.2, -0.15) is 0 Å². The van der Waals surface area contributed by atoms with Gasteiger partial charge in [0.15, 0.2) is 0 Å². The third-order valence-corrected chi connectivity index (χ3v) is 4.64. The van der Waals surface area contributed by atoms with Gasteiger partial charge in [-0.1, -0.05) is 23.8 Å². The summed E-state index contributed by atoms with van der Waals surface area (Å²) in [5, 5.41) is 6.21. The summed E-state index contributed by atoms with van der Waals surface area (Å²) in [7, 11) is 0. The first kappa shape index (κ1) is 19.9. The largest absolute Gasteiger partial charge is 0.492 e. The summed E-state index contributed by atoms with van der Waals surface area (Å²) >= 11 is 0. The van der Waals surface area contributed by atoms with Crippen LogP contribution in [0.1, 0.15) is 55.3 Å². The van der Waals surface area contributed by atoms with Crippen LogP contribution in [0.15, 0.2) is 42.0 Å². The second kappa shape index (κ2) is 9.88. The predicted molar refractivity (Wildman–Crippen MR) is 111 cm³/mol. The molecule has 2 N–H and O–H groups in total. The van der Waals surface area contributed by atoms with Crippen LogP contribution in [-0.2, 0) is 0 Å². The number of aromatic nitrogens is 2. The number of rotatable bonds is 8. The van der Waals surface area contributed by atoms with Crippen molar-refractivity contribution in [1.82, 2.24) is 15.3 Å². The molecule has 28 heavy (non-hydrogen) atoms. The van der Waals surface area contributed by atoms with Crippen molar-refractivity contribution in [1.29, 1.82) is 0 Å². The van der Waals surface area contributed by atoms with E-state index in [1.165, 1.54) is 18.4 Å². The molecule has 0 fully saturated rings. The Hall–Kier alpha value is -2.89. The molecule has 0 unspecified atom stereocenters. The van der Waals surface area contributed by atoms with E-state index in [1.54, 1.807) is 13.0 Å². The molecule has 0 atom stereocenters. The minimum atomic E-state index is -0.178. The fraction of sp³-hybridized carbons (Fsp3) is 0.409. The maximum atomic E-state index is 12.5. The minimum absolute atomic E-state index is 0.178. The van der Waals surface area contributed by atoms with E-state index in [4.69, 9.17) is 4.74 Å². The highest BCUT2D eigenvalue weighted by molar-refractivity contribution is 5.93. The van der Waals surface area contributed by atoms with E-state index in [2.05, 4.69) is 26.7 Å². The standard InChI is InChI=1S/C22H28N4O2/c1-3-28-20-12-8-7-11-18(20)26-21-15-19(24-16(2)25-21)22(27)23-14-13-17-9-5-4-6-10-17/h7-9,11-12,15H,3-6,10,13-14H2,1-2H3,(H,23,27)(H,24,25,26). The fourth-order valence-corrected chi connectivity index (χ4v) is 3.30. The third kappa shape index (κ3) is 5.55. The Morgan fingerprint density at radius 1 is 1.21 bits per heavy atom. The van der Waals surface area contributed by atoms with E-state index >= 15 is 0 Å². The number of aryl methyl sites for hydroxylation is 1.